The minimum absolute atomic E-state index is 0. The normalized spacial score (nSPS) is 20.0. The van der Waals surface area contributed by atoms with Crippen LogP contribution in [0.5, 0.6) is 0 Å². The fourth-order valence-corrected chi connectivity index (χ4v) is 8.84. The predicted octanol–water partition coefficient (Wildman–Crippen LogP) is 22.7. The molecule has 1 aliphatic heterocycles. The zero-order valence-corrected chi connectivity index (χ0v) is 48.1. The predicted molar refractivity (Wildman–Crippen MR) is 333 cm³/mol. The van der Waals surface area contributed by atoms with Crippen molar-refractivity contribution in [2.45, 2.75) is 273 Å². The number of likely N-dealkylation sites (tertiary alicyclic amines) is 1. The number of rotatable bonds is 6. The van der Waals surface area contributed by atoms with Crippen LogP contribution in [0.4, 0.5) is 0 Å². The van der Waals surface area contributed by atoms with Crippen LogP contribution >= 0.6 is 0 Å². The molecule has 2 heteroatoms. The van der Waals surface area contributed by atoms with Gasteiger partial charge in [-0.25, -0.2) is 0 Å². The maximum atomic E-state index is 2.88. The van der Waals surface area contributed by atoms with Crippen LogP contribution in [0.2, 0.25) is 0 Å². The third kappa shape index (κ3) is 29.0. The van der Waals surface area contributed by atoms with Crippen molar-refractivity contribution < 1.29 is 0 Å². The zero-order chi connectivity index (χ0) is 50.4. The van der Waals surface area contributed by atoms with E-state index in [-0.39, 0.29) is 37.1 Å². The third-order valence-corrected chi connectivity index (χ3v) is 12.1. The summed E-state index contributed by atoms with van der Waals surface area (Å²) in [5.74, 6) is 5.74. The highest BCUT2D eigenvalue weighted by atomic mass is 15.3. The van der Waals surface area contributed by atoms with E-state index in [2.05, 4.69) is 208 Å². The Kier molecular flexibility index (Phi) is 68.7. The topological polar surface area (TPSA) is 6.48 Å². The van der Waals surface area contributed by atoms with Crippen molar-refractivity contribution >= 4 is 0 Å². The van der Waals surface area contributed by atoms with Gasteiger partial charge in [0, 0.05) is 18.6 Å². The molecule has 0 radical (unpaired) electrons. The molecule has 7 rings (SSSR count). The molecule has 0 bridgehead atoms. The van der Waals surface area contributed by atoms with Gasteiger partial charge in [0.15, 0.2) is 0 Å². The Morgan fingerprint density at radius 1 is 0.435 bits per heavy atom. The average molecular weight is 970 g/mol. The minimum atomic E-state index is 0. The zero-order valence-electron chi connectivity index (χ0n) is 48.1. The van der Waals surface area contributed by atoms with Crippen molar-refractivity contribution in [1.29, 1.82) is 0 Å². The molecule has 0 N–H and O–H groups in total. The third-order valence-electron chi connectivity index (χ3n) is 12.1. The second-order valence-electron chi connectivity index (χ2n) is 17.6. The number of nitrogens with zero attached hydrogens (tertiary/aromatic N) is 2. The van der Waals surface area contributed by atoms with Gasteiger partial charge >= 0.3 is 0 Å². The average Bonchev–Trinajstić information content (AvgIpc) is 3.78. The summed E-state index contributed by atoms with van der Waals surface area (Å²) < 4.78 is 0. The molecule has 4 aliphatic rings. The van der Waals surface area contributed by atoms with Crippen LogP contribution in [0, 0.1) is 35.5 Å². The number of hydrogen-bond donors (Lipinski definition) is 0. The smallest absolute Gasteiger partial charge is 0.0240 e. The van der Waals surface area contributed by atoms with E-state index in [1.807, 2.05) is 41.5 Å². The van der Waals surface area contributed by atoms with Gasteiger partial charge < -0.3 is 4.90 Å². The van der Waals surface area contributed by atoms with E-state index in [1.54, 1.807) is 5.56 Å². The van der Waals surface area contributed by atoms with Crippen LogP contribution in [0.1, 0.15) is 263 Å². The molecule has 3 aliphatic carbocycles. The van der Waals surface area contributed by atoms with Gasteiger partial charge in [-0.3, -0.25) is 4.90 Å². The second kappa shape index (κ2) is 54.9. The van der Waals surface area contributed by atoms with Crippen LogP contribution in [-0.4, -0.2) is 42.0 Å². The summed E-state index contributed by atoms with van der Waals surface area (Å²) >= 11 is 0. The van der Waals surface area contributed by atoms with Gasteiger partial charge in [-0.1, -0.05) is 295 Å². The van der Waals surface area contributed by atoms with Gasteiger partial charge in [-0.05, 0) is 121 Å². The number of fused-ring (bicyclic) bond motifs is 7. The molecule has 2 nitrogen and oxygen atoms in total. The highest BCUT2D eigenvalue weighted by Crippen LogP contribution is 2.68. The summed E-state index contributed by atoms with van der Waals surface area (Å²) in [5.41, 5.74) is 10.3. The molecule has 0 unspecified atom stereocenters. The quantitative estimate of drug-likeness (QED) is 0.190. The van der Waals surface area contributed by atoms with Gasteiger partial charge in [0.2, 0.25) is 0 Å². The SMILES string of the molecule is C.C.C.C.C.CC.CC.CC.CCC.CCC.CCC.CCC.CCC.CCN(C)CC.CCc1cc(CC)cc(CN2[C@@H]3[C@@H]4[C@H](C)[C@H](C)[C@@H]4[C@@H]3[C@H](C)[C@@H]2C)c1.c1ccc2c(c1)Cc1ccccc1-2. The van der Waals surface area contributed by atoms with E-state index < -0.39 is 0 Å². The van der Waals surface area contributed by atoms with Crippen LogP contribution in [0.25, 0.3) is 11.1 Å². The summed E-state index contributed by atoms with van der Waals surface area (Å²) in [7, 11) is 2.11. The number of hydrogen-bond acceptors (Lipinski definition) is 2. The van der Waals surface area contributed by atoms with Crippen molar-refractivity contribution in [3.8, 4) is 11.1 Å². The summed E-state index contributed by atoms with van der Waals surface area (Å²) in [6.45, 7) is 55.6. The molecule has 3 fully saturated rings. The molecule has 0 spiro atoms. The van der Waals surface area contributed by atoms with Crippen molar-refractivity contribution in [2.75, 3.05) is 20.1 Å². The van der Waals surface area contributed by atoms with Gasteiger partial charge in [-0.2, -0.15) is 0 Å². The van der Waals surface area contributed by atoms with E-state index in [0.717, 1.165) is 86.5 Å². The van der Waals surface area contributed by atoms with Crippen LogP contribution in [0.3, 0.4) is 0 Å². The highest BCUT2D eigenvalue weighted by molar-refractivity contribution is 5.76. The molecule has 8 atom stereocenters. The Morgan fingerprint density at radius 3 is 1.03 bits per heavy atom. The first kappa shape index (κ1) is 86.4. The maximum Gasteiger partial charge on any atom is 0.0240 e. The minimum Gasteiger partial charge on any atom is -0.307 e. The highest BCUT2D eigenvalue weighted by Gasteiger charge is 2.69. The molecule has 1 saturated heterocycles. The fourth-order valence-electron chi connectivity index (χ4n) is 8.84. The van der Waals surface area contributed by atoms with E-state index in [4.69, 9.17) is 0 Å². The van der Waals surface area contributed by atoms with E-state index in [9.17, 15) is 0 Å². The van der Waals surface area contributed by atoms with Crippen molar-refractivity contribution in [3.63, 3.8) is 0 Å². The Labute approximate surface area is 442 Å². The summed E-state index contributed by atoms with van der Waals surface area (Å²) in [6.07, 6.45) is 9.66. The van der Waals surface area contributed by atoms with Crippen molar-refractivity contribution in [2.24, 2.45) is 35.5 Å². The van der Waals surface area contributed by atoms with Gasteiger partial charge in [0.25, 0.3) is 0 Å². The van der Waals surface area contributed by atoms with Crippen molar-refractivity contribution in [3.05, 3.63) is 94.5 Å². The molecule has 1 heterocycles. The lowest BCUT2D eigenvalue weighted by Crippen LogP contribution is -2.68. The van der Waals surface area contributed by atoms with Gasteiger partial charge in [-0.15, -0.1) is 0 Å². The molecule has 69 heavy (non-hydrogen) atoms. The number of aryl methyl sites for hydroxylation is 2. The number of benzene rings is 3. The molecule has 414 valence electrons. The molecule has 3 aromatic carbocycles. The van der Waals surface area contributed by atoms with E-state index in [1.165, 1.54) is 65.5 Å². The molecule has 0 amide bonds. The fraction of sp³-hybridized carbons (Fsp3) is 0.731. The van der Waals surface area contributed by atoms with Gasteiger partial charge in [0.1, 0.15) is 0 Å². The van der Waals surface area contributed by atoms with Crippen LogP contribution in [0.15, 0.2) is 66.7 Å². The lowest BCUT2D eigenvalue weighted by molar-refractivity contribution is -0.185. The van der Waals surface area contributed by atoms with Crippen molar-refractivity contribution in [1.82, 2.24) is 9.80 Å². The second-order valence-corrected chi connectivity index (χ2v) is 17.6. The Morgan fingerprint density at radius 2 is 0.725 bits per heavy atom. The maximum absolute atomic E-state index is 2.88. The monoisotopic (exact) mass is 969 g/mol. The molecule has 2 saturated carbocycles. The lowest BCUT2D eigenvalue weighted by Gasteiger charge is -2.67. The van der Waals surface area contributed by atoms with Crippen LogP contribution < -0.4 is 0 Å². The summed E-state index contributed by atoms with van der Waals surface area (Å²) in [5, 5.41) is 0. The first-order chi connectivity index (χ1) is 30.8. The largest absolute Gasteiger partial charge is 0.307 e. The Bertz CT molecular complexity index is 1360. The molecule has 3 aromatic rings. The molecule has 0 aromatic heterocycles. The first-order valence-corrected chi connectivity index (χ1v) is 27.5. The molecular weight excluding hydrogens is 833 g/mol. The summed E-state index contributed by atoms with van der Waals surface area (Å²) in [6, 6.07) is 26.2. The summed E-state index contributed by atoms with van der Waals surface area (Å²) in [4.78, 5) is 5.13. The van der Waals surface area contributed by atoms with Crippen LogP contribution in [-0.2, 0) is 25.8 Å². The van der Waals surface area contributed by atoms with E-state index in [0.29, 0.717) is 0 Å². The Hall–Kier alpha value is -2.42. The Balaban J connectivity index is -0.0000000980. The van der Waals surface area contributed by atoms with Gasteiger partial charge in [0.05, 0.1) is 0 Å². The standard InChI is InChI=1S/C23H35N.C13H10.C5H13N.5C3H8.3C2H6.5CH4/c1-7-17-9-18(8-2)11-19(10-17)12-24-16(6)15(5)22-20-13(3)14(4)21(20)23(22)24;1-3-7-12-10(5-1)9-11-6-2-4-8-13(11)12;1-4-6(3)5-2;5*1-3-2;3*1-2;;;;;/h9-11,13-16,20-23H,7-8,12H2,1-6H3;1-8H,9H2;4-5H2,1-3H3;5*3H2,1-2H3;3*1-2H3;5*1H4/t13-,14+,15+,16-,20-,21+,22-,23+;;;;;;;;;;;;;;;/m0.............../s1. The lowest BCUT2D eigenvalue weighted by atomic mass is 9.40. The van der Waals surface area contributed by atoms with E-state index >= 15 is 0 Å². The molecular formula is C67H136N2. The first-order valence-electron chi connectivity index (χ1n) is 27.5.